The Kier molecular flexibility index (Phi) is 4.01. The standard InChI is InChI=1S/C20H17FN6O2/c21-14-3-1-12(2-4-14)13-5-7-26(11-13)17-9-16(25-27-8-6-22-18(17)27)15-10-23-20(29)24-19(15)28/h1-4,6,8-10,13H,5,7,11H2,(H2,23,24,28,29)/t13-/m1/s1. The number of imidazole rings is 1. The molecule has 0 unspecified atom stereocenters. The number of fused-ring (bicyclic) bond motifs is 1. The molecule has 146 valence electrons. The Morgan fingerprint density at radius 2 is 2.00 bits per heavy atom. The Labute approximate surface area is 163 Å². The van der Waals surface area contributed by atoms with Gasteiger partial charge in [-0.2, -0.15) is 5.10 Å². The van der Waals surface area contributed by atoms with Crippen LogP contribution in [0.5, 0.6) is 0 Å². The van der Waals surface area contributed by atoms with Gasteiger partial charge in [-0.15, -0.1) is 0 Å². The lowest BCUT2D eigenvalue weighted by atomic mass is 9.99. The van der Waals surface area contributed by atoms with E-state index in [0.717, 1.165) is 30.8 Å². The van der Waals surface area contributed by atoms with Crippen molar-refractivity contribution in [2.45, 2.75) is 12.3 Å². The van der Waals surface area contributed by atoms with Gasteiger partial charge >= 0.3 is 5.69 Å². The van der Waals surface area contributed by atoms with E-state index in [1.54, 1.807) is 16.9 Å². The second-order valence-electron chi connectivity index (χ2n) is 7.08. The smallest absolute Gasteiger partial charge is 0.325 e. The van der Waals surface area contributed by atoms with Gasteiger partial charge < -0.3 is 9.88 Å². The van der Waals surface area contributed by atoms with Gasteiger partial charge in [-0.05, 0) is 30.2 Å². The van der Waals surface area contributed by atoms with Crippen LogP contribution >= 0.6 is 0 Å². The third-order valence-corrected chi connectivity index (χ3v) is 5.31. The number of benzene rings is 1. The van der Waals surface area contributed by atoms with Crippen molar-refractivity contribution in [1.82, 2.24) is 24.6 Å². The van der Waals surface area contributed by atoms with E-state index in [2.05, 4.69) is 25.0 Å². The summed E-state index contributed by atoms with van der Waals surface area (Å²) < 4.78 is 14.9. The van der Waals surface area contributed by atoms with Crippen LogP contribution in [-0.2, 0) is 0 Å². The van der Waals surface area contributed by atoms with Crippen LogP contribution in [0.2, 0.25) is 0 Å². The molecule has 1 aliphatic heterocycles. The second-order valence-corrected chi connectivity index (χ2v) is 7.08. The van der Waals surface area contributed by atoms with Gasteiger partial charge in [-0.3, -0.25) is 9.78 Å². The zero-order valence-corrected chi connectivity index (χ0v) is 15.3. The minimum atomic E-state index is -0.565. The van der Waals surface area contributed by atoms with Crippen molar-refractivity contribution in [3.8, 4) is 11.3 Å². The van der Waals surface area contributed by atoms with E-state index < -0.39 is 11.2 Å². The number of anilines is 1. The SMILES string of the molecule is O=c1[nH]cc(-c2cc(N3CC[C@@H](c4ccc(F)cc4)C3)c3nccn3n2)c(=O)[nH]1. The number of nitrogens with one attached hydrogen (secondary N) is 2. The van der Waals surface area contributed by atoms with Crippen LogP contribution in [0.25, 0.3) is 16.9 Å². The molecule has 4 aromatic rings. The van der Waals surface area contributed by atoms with Crippen molar-refractivity contribution in [2.24, 2.45) is 0 Å². The lowest BCUT2D eigenvalue weighted by Crippen LogP contribution is -2.24. The lowest BCUT2D eigenvalue weighted by molar-refractivity contribution is 0.625. The normalized spacial score (nSPS) is 16.6. The van der Waals surface area contributed by atoms with Gasteiger partial charge in [0.2, 0.25) is 0 Å². The van der Waals surface area contributed by atoms with E-state index in [4.69, 9.17) is 0 Å². The highest BCUT2D eigenvalue weighted by Crippen LogP contribution is 2.33. The predicted molar refractivity (Wildman–Crippen MR) is 106 cm³/mol. The predicted octanol–water partition coefficient (Wildman–Crippen LogP) is 1.91. The number of aromatic amines is 2. The highest BCUT2D eigenvalue weighted by molar-refractivity contribution is 5.74. The van der Waals surface area contributed by atoms with Gasteiger partial charge in [0.05, 0.1) is 11.3 Å². The molecule has 0 bridgehead atoms. The van der Waals surface area contributed by atoms with Crippen molar-refractivity contribution in [2.75, 3.05) is 18.0 Å². The number of aromatic nitrogens is 5. The first-order chi connectivity index (χ1) is 14.1. The molecule has 9 heteroatoms. The van der Waals surface area contributed by atoms with Gasteiger partial charge in [0.1, 0.15) is 11.5 Å². The zero-order valence-electron chi connectivity index (χ0n) is 15.3. The van der Waals surface area contributed by atoms with Gasteiger partial charge in [0.15, 0.2) is 5.65 Å². The molecule has 1 aromatic carbocycles. The monoisotopic (exact) mass is 392 g/mol. The maximum absolute atomic E-state index is 13.2. The van der Waals surface area contributed by atoms with Crippen LogP contribution in [-0.4, -0.2) is 37.7 Å². The Bertz CT molecular complexity index is 1310. The third-order valence-electron chi connectivity index (χ3n) is 5.31. The zero-order chi connectivity index (χ0) is 20.0. The van der Waals surface area contributed by atoms with Crippen molar-refractivity contribution >= 4 is 11.3 Å². The lowest BCUT2D eigenvalue weighted by Gasteiger charge is -2.20. The Balaban J connectivity index is 1.55. The first kappa shape index (κ1) is 17.4. The number of nitrogens with zero attached hydrogens (tertiary/aromatic N) is 4. The first-order valence-electron chi connectivity index (χ1n) is 9.26. The van der Waals surface area contributed by atoms with Gasteiger partial charge in [-0.1, -0.05) is 12.1 Å². The molecule has 5 rings (SSSR count). The third kappa shape index (κ3) is 3.10. The fourth-order valence-corrected chi connectivity index (χ4v) is 3.85. The van der Waals surface area contributed by atoms with E-state index in [1.165, 1.54) is 18.3 Å². The molecule has 4 heterocycles. The fraction of sp³-hybridized carbons (Fsp3) is 0.200. The average molecular weight is 392 g/mol. The van der Waals surface area contributed by atoms with Gasteiger partial charge in [0, 0.05) is 37.6 Å². The molecular formula is C20H17FN6O2. The minimum absolute atomic E-state index is 0.243. The number of halogens is 1. The average Bonchev–Trinajstić information content (AvgIpc) is 3.37. The molecule has 2 N–H and O–H groups in total. The summed E-state index contributed by atoms with van der Waals surface area (Å²) in [5, 5.41) is 4.46. The summed E-state index contributed by atoms with van der Waals surface area (Å²) in [7, 11) is 0. The number of hydrogen-bond donors (Lipinski definition) is 2. The number of H-pyrrole nitrogens is 2. The molecule has 0 saturated carbocycles. The highest BCUT2D eigenvalue weighted by atomic mass is 19.1. The molecule has 1 fully saturated rings. The van der Waals surface area contributed by atoms with Crippen molar-refractivity contribution in [3.63, 3.8) is 0 Å². The van der Waals surface area contributed by atoms with Crippen LogP contribution in [0.15, 0.2) is 58.5 Å². The van der Waals surface area contributed by atoms with E-state index in [0.29, 0.717) is 11.3 Å². The maximum atomic E-state index is 13.2. The summed E-state index contributed by atoms with van der Waals surface area (Å²) in [4.78, 5) is 34.9. The Morgan fingerprint density at radius 1 is 1.17 bits per heavy atom. The Morgan fingerprint density at radius 3 is 2.79 bits per heavy atom. The molecule has 0 spiro atoms. The molecule has 3 aromatic heterocycles. The quantitative estimate of drug-likeness (QED) is 0.555. The molecular weight excluding hydrogens is 375 g/mol. The fourth-order valence-electron chi connectivity index (χ4n) is 3.85. The van der Waals surface area contributed by atoms with Gasteiger partial charge in [-0.25, -0.2) is 18.7 Å². The number of hydrogen-bond acceptors (Lipinski definition) is 5. The summed E-state index contributed by atoms with van der Waals surface area (Å²) in [6.07, 6.45) is 5.66. The van der Waals surface area contributed by atoms with Crippen LogP contribution in [0.4, 0.5) is 10.1 Å². The van der Waals surface area contributed by atoms with Crippen LogP contribution < -0.4 is 16.1 Å². The molecule has 1 aliphatic rings. The van der Waals surface area contributed by atoms with Crippen molar-refractivity contribution < 1.29 is 4.39 Å². The van der Waals surface area contributed by atoms with Crippen LogP contribution in [0.1, 0.15) is 17.9 Å². The summed E-state index contributed by atoms with van der Waals surface area (Å²) >= 11 is 0. The topological polar surface area (TPSA) is 99.2 Å². The van der Waals surface area contributed by atoms with E-state index in [1.807, 2.05) is 18.2 Å². The largest absolute Gasteiger partial charge is 0.368 e. The van der Waals surface area contributed by atoms with Crippen molar-refractivity contribution in [3.05, 3.63) is 81.1 Å². The summed E-state index contributed by atoms with van der Waals surface area (Å²) in [6, 6.07) is 8.44. The summed E-state index contributed by atoms with van der Waals surface area (Å²) in [5.41, 5.74) is 2.29. The molecule has 0 aliphatic carbocycles. The van der Waals surface area contributed by atoms with Gasteiger partial charge in [0.25, 0.3) is 5.56 Å². The minimum Gasteiger partial charge on any atom is -0.368 e. The second kappa shape index (κ2) is 6.69. The molecule has 1 atom stereocenters. The first-order valence-corrected chi connectivity index (χ1v) is 9.26. The van der Waals surface area contributed by atoms with E-state index in [-0.39, 0.29) is 17.3 Å². The summed E-state index contributed by atoms with van der Waals surface area (Å²) in [5.74, 6) is 0.0336. The molecule has 1 saturated heterocycles. The van der Waals surface area contributed by atoms with Crippen molar-refractivity contribution in [1.29, 1.82) is 0 Å². The Hall–Kier alpha value is -3.75. The molecule has 0 amide bonds. The van der Waals surface area contributed by atoms with E-state index in [9.17, 15) is 14.0 Å². The molecule has 8 nitrogen and oxygen atoms in total. The van der Waals surface area contributed by atoms with Crippen LogP contribution in [0, 0.1) is 5.82 Å². The molecule has 29 heavy (non-hydrogen) atoms. The molecule has 0 radical (unpaired) electrons. The maximum Gasteiger partial charge on any atom is 0.325 e. The van der Waals surface area contributed by atoms with Crippen LogP contribution in [0.3, 0.4) is 0 Å². The number of rotatable bonds is 3. The summed E-state index contributed by atoms with van der Waals surface area (Å²) in [6.45, 7) is 1.55. The van der Waals surface area contributed by atoms with E-state index >= 15 is 0 Å². The highest BCUT2D eigenvalue weighted by Gasteiger charge is 2.26.